The maximum Gasteiger partial charge on any atom is 0.0518 e. The molecule has 0 amide bonds. The van der Waals surface area contributed by atoms with Crippen LogP contribution in [0.15, 0.2) is 12.4 Å². The van der Waals surface area contributed by atoms with Crippen LogP contribution >= 0.6 is 0 Å². The Kier molecular flexibility index (Phi) is 6.28. The number of aryl methyl sites for hydroxylation is 1. The molecular formula is C18H33N3. The third kappa shape index (κ3) is 5.14. The average Bonchev–Trinajstić information content (AvgIpc) is 2.90. The highest BCUT2D eigenvalue weighted by molar-refractivity contribution is 4.99. The van der Waals surface area contributed by atoms with Crippen molar-refractivity contribution in [2.75, 3.05) is 13.6 Å². The lowest BCUT2D eigenvalue weighted by Crippen LogP contribution is -2.36. The summed E-state index contributed by atoms with van der Waals surface area (Å²) in [5, 5.41) is 4.43. The van der Waals surface area contributed by atoms with E-state index in [2.05, 4.69) is 48.7 Å². The fourth-order valence-corrected chi connectivity index (χ4v) is 3.41. The van der Waals surface area contributed by atoms with E-state index in [1.165, 1.54) is 50.6 Å². The third-order valence-corrected chi connectivity index (χ3v) is 5.32. The van der Waals surface area contributed by atoms with Gasteiger partial charge in [0.15, 0.2) is 0 Å². The molecule has 0 N–H and O–H groups in total. The summed E-state index contributed by atoms with van der Waals surface area (Å²) in [7, 11) is 2.32. The normalized spacial score (nSPS) is 24.4. The highest BCUT2D eigenvalue weighted by Crippen LogP contribution is 2.28. The summed E-state index contributed by atoms with van der Waals surface area (Å²) >= 11 is 0. The van der Waals surface area contributed by atoms with Gasteiger partial charge in [-0.05, 0) is 70.0 Å². The van der Waals surface area contributed by atoms with Crippen molar-refractivity contribution in [1.82, 2.24) is 14.7 Å². The largest absolute Gasteiger partial charge is 0.303 e. The van der Waals surface area contributed by atoms with Gasteiger partial charge in [-0.15, -0.1) is 0 Å². The second kappa shape index (κ2) is 7.98. The van der Waals surface area contributed by atoms with Gasteiger partial charge in [0.2, 0.25) is 0 Å². The fourth-order valence-electron chi connectivity index (χ4n) is 3.41. The Labute approximate surface area is 130 Å². The topological polar surface area (TPSA) is 21.1 Å². The van der Waals surface area contributed by atoms with Gasteiger partial charge in [-0.1, -0.05) is 20.3 Å². The monoisotopic (exact) mass is 291 g/mol. The molecule has 2 rings (SSSR count). The maximum atomic E-state index is 4.43. The van der Waals surface area contributed by atoms with E-state index in [0.717, 1.165) is 24.4 Å². The molecule has 1 aromatic heterocycles. The lowest BCUT2D eigenvalue weighted by atomic mass is 9.85. The average molecular weight is 291 g/mol. The molecule has 21 heavy (non-hydrogen) atoms. The van der Waals surface area contributed by atoms with Crippen LogP contribution in [0, 0.1) is 18.8 Å². The SMILES string of the molecule is CCC(C)CCN(C)C1CCC(Cn2cc(C)cn2)CC1. The van der Waals surface area contributed by atoms with Crippen LogP contribution in [0.3, 0.4) is 0 Å². The first kappa shape index (κ1) is 16.5. The standard InChI is InChI=1S/C18H33N3/c1-5-15(2)10-11-20(4)18-8-6-17(7-9-18)14-21-13-16(3)12-19-21/h12-13,15,17-18H,5-11,14H2,1-4H3. The maximum absolute atomic E-state index is 4.43. The van der Waals surface area contributed by atoms with Crippen LogP contribution in [0.25, 0.3) is 0 Å². The highest BCUT2D eigenvalue weighted by Gasteiger charge is 2.24. The summed E-state index contributed by atoms with van der Waals surface area (Å²) in [4.78, 5) is 2.61. The van der Waals surface area contributed by atoms with Gasteiger partial charge in [0.1, 0.15) is 0 Å². The molecule has 3 nitrogen and oxygen atoms in total. The van der Waals surface area contributed by atoms with Gasteiger partial charge in [0.25, 0.3) is 0 Å². The zero-order valence-corrected chi connectivity index (χ0v) is 14.4. The number of nitrogens with zero attached hydrogens (tertiary/aromatic N) is 3. The van der Waals surface area contributed by atoms with E-state index in [1.807, 2.05) is 6.20 Å². The molecule has 1 aliphatic rings. The lowest BCUT2D eigenvalue weighted by Gasteiger charge is -2.35. The van der Waals surface area contributed by atoms with Gasteiger partial charge in [-0.3, -0.25) is 4.68 Å². The van der Waals surface area contributed by atoms with Crippen LogP contribution in [0.2, 0.25) is 0 Å². The van der Waals surface area contributed by atoms with Crippen LogP contribution < -0.4 is 0 Å². The predicted octanol–water partition coefficient (Wildman–Crippen LogP) is 4.12. The van der Waals surface area contributed by atoms with Crippen molar-refractivity contribution in [2.45, 2.75) is 71.9 Å². The third-order valence-electron chi connectivity index (χ3n) is 5.32. The van der Waals surface area contributed by atoms with Crippen LogP contribution in [0.4, 0.5) is 0 Å². The molecule has 1 atom stereocenters. The number of hydrogen-bond donors (Lipinski definition) is 0. The van der Waals surface area contributed by atoms with E-state index in [0.29, 0.717) is 0 Å². The quantitative estimate of drug-likeness (QED) is 0.753. The van der Waals surface area contributed by atoms with Crippen molar-refractivity contribution in [3.8, 4) is 0 Å². The number of aromatic nitrogens is 2. The Morgan fingerprint density at radius 3 is 2.62 bits per heavy atom. The van der Waals surface area contributed by atoms with Crippen molar-refractivity contribution in [2.24, 2.45) is 11.8 Å². The minimum Gasteiger partial charge on any atom is -0.303 e. The van der Waals surface area contributed by atoms with Crippen molar-refractivity contribution in [3.63, 3.8) is 0 Å². The molecule has 1 heterocycles. The minimum atomic E-state index is 0.810. The second-order valence-corrected chi connectivity index (χ2v) is 7.20. The zero-order chi connectivity index (χ0) is 15.2. The smallest absolute Gasteiger partial charge is 0.0518 e. The molecule has 0 radical (unpaired) electrons. The molecule has 0 aromatic carbocycles. The summed E-state index contributed by atoms with van der Waals surface area (Å²) in [6.45, 7) is 9.16. The Balaban J connectivity index is 1.70. The Morgan fingerprint density at radius 2 is 2.05 bits per heavy atom. The minimum absolute atomic E-state index is 0.810. The van der Waals surface area contributed by atoms with Crippen LogP contribution in [0.5, 0.6) is 0 Å². The summed E-state index contributed by atoms with van der Waals surface area (Å²) < 4.78 is 2.13. The molecule has 1 aromatic rings. The summed E-state index contributed by atoms with van der Waals surface area (Å²) in [6, 6.07) is 0.810. The Bertz CT molecular complexity index is 404. The van der Waals surface area contributed by atoms with E-state index in [-0.39, 0.29) is 0 Å². The molecule has 0 aliphatic heterocycles. The molecule has 1 aliphatic carbocycles. The molecule has 3 heteroatoms. The molecule has 0 spiro atoms. The first-order chi connectivity index (χ1) is 10.1. The van der Waals surface area contributed by atoms with E-state index in [4.69, 9.17) is 0 Å². The molecule has 1 unspecified atom stereocenters. The summed E-state index contributed by atoms with van der Waals surface area (Å²) in [5.74, 6) is 1.69. The second-order valence-electron chi connectivity index (χ2n) is 7.20. The van der Waals surface area contributed by atoms with Gasteiger partial charge in [0, 0.05) is 18.8 Å². The van der Waals surface area contributed by atoms with E-state index < -0.39 is 0 Å². The van der Waals surface area contributed by atoms with Crippen molar-refractivity contribution in [1.29, 1.82) is 0 Å². The van der Waals surface area contributed by atoms with Crippen LogP contribution in [0.1, 0.15) is 57.9 Å². The molecule has 0 bridgehead atoms. The Hall–Kier alpha value is -0.830. The van der Waals surface area contributed by atoms with Gasteiger partial charge in [-0.25, -0.2) is 0 Å². The predicted molar refractivity (Wildman–Crippen MR) is 89.4 cm³/mol. The zero-order valence-electron chi connectivity index (χ0n) is 14.4. The van der Waals surface area contributed by atoms with Crippen molar-refractivity contribution < 1.29 is 0 Å². The molecular weight excluding hydrogens is 258 g/mol. The van der Waals surface area contributed by atoms with E-state index >= 15 is 0 Å². The Morgan fingerprint density at radius 1 is 1.33 bits per heavy atom. The first-order valence-electron chi connectivity index (χ1n) is 8.77. The van der Waals surface area contributed by atoms with Gasteiger partial charge < -0.3 is 4.90 Å². The van der Waals surface area contributed by atoms with Crippen LogP contribution in [-0.2, 0) is 6.54 Å². The summed E-state index contributed by atoms with van der Waals surface area (Å²) in [6.07, 6.45) is 12.2. The van der Waals surface area contributed by atoms with Crippen molar-refractivity contribution in [3.05, 3.63) is 18.0 Å². The number of hydrogen-bond acceptors (Lipinski definition) is 2. The summed E-state index contributed by atoms with van der Waals surface area (Å²) in [5.41, 5.74) is 1.27. The molecule has 1 saturated carbocycles. The highest BCUT2D eigenvalue weighted by atomic mass is 15.3. The first-order valence-corrected chi connectivity index (χ1v) is 8.77. The van der Waals surface area contributed by atoms with E-state index in [9.17, 15) is 0 Å². The van der Waals surface area contributed by atoms with Crippen molar-refractivity contribution >= 4 is 0 Å². The van der Waals surface area contributed by atoms with E-state index in [1.54, 1.807) is 0 Å². The van der Waals surface area contributed by atoms with Gasteiger partial charge >= 0.3 is 0 Å². The van der Waals surface area contributed by atoms with Gasteiger partial charge in [-0.2, -0.15) is 5.10 Å². The molecule has 1 fully saturated rings. The van der Waals surface area contributed by atoms with Crippen LogP contribution in [-0.4, -0.2) is 34.3 Å². The fraction of sp³-hybridized carbons (Fsp3) is 0.833. The van der Waals surface area contributed by atoms with Gasteiger partial charge in [0.05, 0.1) is 6.20 Å². The molecule has 120 valence electrons. The lowest BCUT2D eigenvalue weighted by molar-refractivity contribution is 0.150. The molecule has 0 saturated heterocycles. The number of rotatable bonds is 7.